The van der Waals surface area contributed by atoms with Crippen molar-refractivity contribution in [3.8, 4) is 55.9 Å². The van der Waals surface area contributed by atoms with E-state index in [-0.39, 0.29) is 5.92 Å². The maximum atomic E-state index is 4.73. The number of thioether (sulfide) groups is 1. The summed E-state index contributed by atoms with van der Waals surface area (Å²) < 4.78 is 2.48. The van der Waals surface area contributed by atoms with Crippen LogP contribution in [0.5, 0.6) is 0 Å². The van der Waals surface area contributed by atoms with Gasteiger partial charge in [-0.1, -0.05) is 121 Å². The first-order valence-corrected chi connectivity index (χ1v) is 20.0. The molecular formula is C52H35N3S. The van der Waals surface area contributed by atoms with E-state index in [1.165, 1.54) is 71.3 Å². The van der Waals surface area contributed by atoms with Crippen LogP contribution in [0.3, 0.4) is 0 Å². The number of nitrogens with zero attached hydrogens (tertiary/aromatic N) is 3. The zero-order valence-corrected chi connectivity index (χ0v) is 31.3. The highest BCUT2D eigenvalue weighted by atomic mass is 32.2. The van der Waals surface area contributed by atoms with Gasteiger partial charge in [0.2, 0.25) is 0 Å². The van der Waals surface area contributed by atoms with Gasteiger partial charge in [0, 0.05) is 56.1 Å². The van der Waals surface area contributed by atoms with Crippen molar-refractivity contribution in [1.29, 1.82) is 0 Å². The van der Waals surface area contributed by atoms with Crippen molar-refractivity contribution < 1.29 is 0 Å². The van der Waals surface area contributed by atoms with Crippen molar-refractivity contribution in [2.24, 2.45) is 0 Å². The Morgan fingerprint density at radius 3 is 1.61 bits per heavy atom. The van der Waals surface area contributed by atoms with E-state index in [4.69, 9.17) is 9.97 Å². The summed E-state index contributed by atoms with van der Waals surface area (Å²) in [7, 11) is 0. The van der Waals surface area contributed by atoms with Crippen LogP contribution in [0.15, 0.2) is 205 Å². The van der Waals surface area contributed by atoms with Gasteiger partial charge in [0.1, 0.15) is 0 Å². The summed E-state index contributed by atoms with van der Waals surface area (Å²) in [5, 5.41) is 2.81. The van der Waals surface area contributed by atoms with Crippen LogP contribution in [-0.2, 0) is 0 Å². The maximum Gasteiger partial charge on any atom is 0.0708 e. The SMILES string of the molecule is C1=CC2Sc3ccc(-c4ccccc4)cc3C2C=C1n1c2ccc(-c3ccccc3-c3ccccn3)cc2c2cc(-c3ccccc3-c3ccccn3)ccc21. The van der Waals surface area contributed by atoms with Gasteiger partial charge in [0.25, 0.3) is 0 Å². The fourth-order valence-electron chi connectivity index (χ4n) is 8.65. The van der Waals surface area contributed by atoms with Crippen molar-refractivity contribution in [1.82, 2.24) is 14.5 Å². The lowest BCUT2D eigenvalue weighted by atomic mass is 9.89. The average Bonchev–Trinajstić information content (AvgIpc) is 3.81. The lowest BCUT2D eigenvalue weighted by Gasteiger charge is -2.21. The van der Waals surface area contributed by atoms with E-state index in [9.17, 15) is 0 Å². The third-order valence-corrected chi connectivity index (χ3v) is 12.6. The van der Waals surface area contributed by atoms with Gasteiger partial charge in [0.15, 0.2) is 0 Å². The van der Waals surface area contributed by atoms with Crippen LogP contribution in [0, 0.1) is 0 Å². The van der Waals surface area contributed by atoms with Crippen molar-refractivity contribution in [3.63, 3.8) is 0 Å². The highest BCUT2D eigenvalue weighted by Gasteiger charge is 2.33. The minimum absolute atomic E-state index is 0.278. The van der Waals surface area contributed by atoms with Crippen LogP contribution >= 0.6 is 11.8 Å². The summed E-state index contributed by atoms with van der Waals surface area (Å²) in [4.78, 5) is 10.8. The molecule has 9 aromatic rings. The lowest BCUT2D eigenvalue weighted by molar-refractivity contribution is 0.876. The summed E-state index contributed by atoms with van der Waals surface area (Å²) >= 11 is 1.98. The van der Waals surface area contributed by atoms with Crippen molar-refractivity contribution in [2.45, 2.75) is 16.1 Å². The molecule has 0 fully saturated rings. The van der Waals surface area contributed by atoms with Gasteiger partial charge in [-0.2, -0.15) is 0 Å². The van der Waals surface area contributed by atoms with Crippen LogP contribution in [0.2, 0.25) is 0 Å². The first kappa shape index (κ1) is 32.7. The number of fused-ring (bicyclic) bond motifs is 6. The fourth-order valence-corrected chi connectivity index (χ4v) is 9.95. The molecule has 2 aliphatic rings. The van der Waals surface area contributed by atoms with E-state index >= 15 is 0 Å². The molecule has 0 bridgehead atoms. The second-order valence-electron chi connectivity index (χ2n) is 14.5. The van der Waals surface area contributed by atoms with Crippen molar-refractivity contribution in [2.75, 3.05) is 0 Å². The minimum Gasteiger partial charge on any atom is -0.310 e. The van der Waals surface area contributed by atoms with Crippen molar-refractivity contribution >= 4 is 39.3 Å². The topological polar surface area (TPSA) is 30.7 Å². The van der Waals surface area contributed by atoms with E-state index in [1.807, 2.05) is 36.3 Å². The second kappa shape index (κ2) is 13.5. The molecule has 3 nitrogen and oxygen atoms in total. The van der Waals surface area contributed by atoms with Crippen molar-refractivity contribution in [3.05, 3.63) is 206 Å². The molecule has 264 valence electrons. The predicted molar refractivity (Wildman–Crippen MR) is 234 cm³/mol. The number of pyridine rings is 2. The number of hydrogen-bond donors (Lipinski definition) is 0. The van der Waals surface area contributed by atoms with Gasteiger partial charge in [-0.25, -0.2) is 0 Å². The molecule has 56 heavy (non-hydrogen) atoms. The number of aromatic nitrogens is 3. The molecule has 1 aliphatic heterocycles. The molecule has 4 heteroatoms. The Labute approximate surface area is 330 Å². The van der Waals surface area contributed by atoms with E-state index in [0.717, 1.165) is 22.5 Å². The highest BCUT2D eigenvalue weighted by molar-refractivity contribution is 8.00. The van der Waals surface area contributed by atoms with E-state index in [2.05, 4.69) is 181 Å². The van der Waals surface area contributed by atoms with Gasteiger partial charge < -0.3 is 4.57 Å². The van der Waals surface area contributed by atoms with Gasteiger partial charge >= 0.3 is 0 Å². The van der Waals surface area contributed by atoms with Crippen LogP contribution in [0.25, 0.3) is 83.4 Å². The molecule has 11 rings (SSSR count). The van der Waals surface area contributed by atoms with Crippen LogP contribution < -0.4 is 0 Å². The molecule has 0 spiro atoms. The van der Waals surface area contributed by atoms with Gasteiger partial charge in [-0.3, -0.25) is 9.97 Å². The largest absolute Gasteiger partial charge is 0.310 e. The van der Waals surface area contributed by atoms with Gasteiger partial charge in [-0.15, -0.1) is 11.8 Å². The molecule has 6 aromatic carbocycles. The average molecular weight is 734 g/mol. The van der Waals surface area contributed by atoms with Gasteiger partial charge in [-0.05, 0) is 106 Å². The Kier molecular flexibility index (Phi) is 7.89. The standard InChI is InChI=1S/C52H35N3S/c1-2-12-34(13-3-1)35-22-26-51-45(30-35)46-33-38(23-27-52(46)56-51)55-49-24-20-36(39-14-4-6-16-41(39)47-18-8-10-28-53-47)31-43(49)44-32-37(21-25-50(44)55)40-15-5-7-17-42(40)48-19-9-11-29-54-48/h1-33,46,52H. The fraction of sp³-hybridized carbons (Fsp3) is 0.0385. The molecule has 2 unspecified atom stereocenters. The Hall–Kier alpha value is -6.75. The molecular weight excluding hydrogens is 699 g/mol. The normalized spacial score (nSPS) is 15.8. The molecule has 3 aromatic heterocycles. The summed E-state index contributed by atoms with van der Waals surface area (Å²) in [6, 6.07) is 61.1. The molecule has 0 saturated heterocycles. The van der Waals surface area contributed by atoms with Crippen LogP contribution in [0.1, 0.15) is 11.5 Å². The summed E-state index contributed by atoms with van der Waals surface area (Å²) in [6.45, 7) is 0. The highest BCUT2D eigenvalue weighted by Crippen LogP contribution is 2.51. The molecule has 0 N–H and O–H groups in total. The quantitative estimate of drug-likeness (QED) is 0.170. The zero-order chi connectivity index (χ0) is 37.0. The smallest absolute Gasteiger partial charge is 0.0708 e. The Bertz CT molecular complexity index is 2860. The third-order valence-electron chi connectivity index (χ3n) is 11.3. The second-order valence-corrected chi connectivity index (χ2v) is 15.7. The Balaban J connectivity index is 1.10. The molecule has 1 aliphatic carbocycles. The first-order chi connectivity index (χ1) is 27.8. The minimum atomic E-state index is 0.278. The lowest BCUT2D eigenvalue weighted by Crippen LogP contribution is -2.11. The molecule has 0 saturated carbocycles. The number of benzene rings is 6. The third kappa shape index (κ3) is 5.53. The molecule has 0 radical (unpaired) electrons. The number of allylic oxidation sites excluding steroid dienone is 3. The molecule has 0 amide bonds. The van der Waals surface area contributed by atoms with E-state index < -0.39 is 0 Å². The summed E-state index contributed by atoms with van der Waals surface area (Å²) in [5.41, 5.74) is 16.4. The first-order valence-electron chi connectivity index (χ1n) is 19.1. The Morgan fingerprint density at radius 1 is 0.464 bits per heavy atom. The van der Waals surface area contributed by atoms with Crippen LogP contribution in [-0.4, -0.2) is 19.8 Å². The molecule has 2 atom stereocenters. The zero-order valence-electron chi connectivity index (χ0n) is 30.5. The number of hydrogen-bond acceptors (Lipinski definition) is 3. The van der Waals surface area contributed by atoms with Gasteiger partial charge in [0.05, 0.1) is 22.4 Å². The maximum absolute atomic E-state index is 4.73. The Morgan fingerprint density at radius 2 is 1.02 bits per heavy atom. The van der Waals surface area contributed by atoms with E-state index in [1.54, 1.807) is 0 Å². The number of rotatable bonds is 6. The monoisotopic (exact) mass is 733 g/mol. The van der Waals surface area contributed by atoms with E-state index in [0.29, 0.717) is 5.25 Å². The summed E-state index contributed by atoms with van der Waals surface area (Å²) in [6.07, 6.45) is 11.0. The molecule has 4 heterocycles. The van der Waals surface area contributed by atoms with Crippen LogP contribution in [0.4, 0.5) is 0 Å². The predicted octanol–water partition coefficient (Wildman–Crippen LogP) is 13.6. The summed E-state index contributed by atoms with van der Waals surface area (Å²) in [5.74, 6) is 0.278.